The van der Waals surface area contributed by atoms with Gasteiger partial charge in [-0.2, -0.15) is 9.97 Å². The van der Waals surface area contributed by atoms with Gasteiger partial charge < -0.3 is 15.7 Å². The lowest BCUT2D eigenvalue weighted by Gasteiger charge is -2.13. The van der Waals surface area contributed by atoms with E-state index in [1.54, 1.807) is 6.92 Å². The molecule has 0 saturated carbocycles. The van der Waals surface area contributed by atoms with E-state index in [-0.39, 0.29) is 40.0 Å². The van der Waals surface area contributed by atoms with E-state index in [4.69, 9.17) is 5.11 Å². The summed E-state index contributed by atoms with van der Waals surface area (Å²) >= 11 is 0. The van der Waals surface area contributed by atoms with Crippen LogP contribution in [0.5, 0.6) is 0 Å². The molecule has 0 amide bonds. The molecule has 0 radical (unpaired) electrons. The van der Waals surface area contributed by atoms with Crippen molar-refractivity contribution < 1.29 is 18.3 Å². The zero-order valence-corrected chi connectivity index (χ0v) is 14.5. The van der Waals surface area contributed by atoms with Gasteiger partial charge in [-0.15, -0.1) is 13.2 Å². The maximum Gasteiger partial charge on any atom is 0.491 e. The number of hydrogen-bond acceptors (Lipinski definition) is 6. The van der Waals surface area contributed by atoms with Crippen LogP contribution in [0.15, 0.2) is 36.7 Å². The lowest BCUT2D eigenvalue weighted by Crippen LogP contribution is -2.19. The summed E-state index contributed by atoms with van der Waals surface area (Å²) in [6.45, 7) is 2.42. The van der Waals surface area contributed by atoms with Gasteiger partial charge in [-0.3, -0.25) is 0 Å². The van der Waals surface area contributed by atoms with Crippen molar-refractivity contribution in [1.29, 1.82) is 0 Å². The highest BCUT2D eigenvalue weighted by Gasteiger charge is 2.34. The zero-order valence-electron chi connectivity index (χ0n) is 14.5. The molecule has 0 unspecified atom stereocenters. The first-order valence-corrected chi connectivity index (χ1v) is 8.33. The summed E-state index contributed by atoms with van der Waals surface area (Å²) in [5, 5.41) is 15.0. The maximum atomic E-state index is 13.2. The van der Waals surface area contributed by atoms with Crippen LogP contribution in [-0.2, 0) is 12.8 Å². The Balaban J connectivity index is 1.95. The molecule has 2 aromatic heterocycles. The van der Waals surface area contributed by atoms with E-state index in [2.05, 4.69) is 25.6 Å². The monoisotopic (exact) mass is 380 g/mol. The number of imidazole rings is 1. The summed E-state index contributed by atoms with van der Waals surface area (Å²) in [4.78, 5) is 12.1. The lowest BCUT2D eigenvalue weighted by molar-refractivity contribution is -0.201. The Hall–Kier alpha value is -2.88. The van der Waals surface area contributed by atoms with Gasteiger partial charge in [0.05, 0.1) is 0 Å². The number of rotatable bonds is 7. The molecule has 3 rings (SSSR count). The molecule has 0 aliphatic carbocycles. The van der Waals surface area contributed by atoms with E-state index in [1.165, 1.54) is 0 Å². The predicted molar refractivity (Wildman–Crippen MR) is 95.1 cm³/mol. The summed E-state index contributed by atoms with van der Waals surface area (Å²) in [5.74, 6) is 0.132. The Morgan fingerprint density at radius 3 is 2.56 bits per heavy atom. The van der Waals surface area contributed by atoms with E-state index in [0.29, 0.717) is 19.4 Å². The van der Waals surface area contributed by atoms with Crippen molar-refractivity contribution in [3.8, 4) is 0 Å². The number of anilines is 2. The highest BCUT2D eigenvalue weighted by atomic mass is 19.4. The van der Waals surface area contributed by atoms with Gasteiger partial charge >= 0.3 is 6.30 Å². The fraction of sp³-hybridized carbons (Fsp3) is 0.353. The van der Waals surface area contributed by atoms with Crippen LogP contribution in [0.1, 0.15) is 12.5 Å². The second-order valence-corrected chi connectivity index (χ2v) is 6.16. The summed E-state index contributed by atoms with van der Waals surface area (Å²) in [6, 6.07) is 9.40. The summed E-state index contributed by atoms with van der Waals surface area (Å²) < 4.78 is 39.7. The summed E-state index contributed by atoms with van der Waals surface area (Å²) in [6.07, 6.45) is -3.96. The second-order valence-electron chi connectivity index (χ2n) is 6.16. The molecule has 0 spiro atoms. The van der Waals surface area contributed by atoms with Crippen molar-refractivity contribution in [2.24, 2.45) is 5.92 Å². The smallest absolute Gasteiger partial charge is 0.396 e. The molecule has 7 nitrogen and oxygen atoms in total. The lowest BCUT2D eigenvalue weighted by atomic mass is 10.2. The first-order valence-electron chi connectivity index (χ1n) is 8.33. The standard InChI is InChI=1S/C17H19F3N6O/c1-11(9-27)7-22-16-24-14(21-8-12-5-3-2-4-6-12)13-15(25-16)26(10-23-13)17(18,19)20/h2-6,10-11,27H,7-9H2,1H3,(H2,21,22,24,25)/t11-/m0/s1. The van der Waals surface area contributed by atoms with E-state index >= 15 is 0 Å². The number of aromatic nitrogens is 4. The SMILES string of the molecule is C[C@H](CO)CNc1nc(NCc2ccccc2)c2ncn(C(F)(F)F)c2n1. The molecule has 0 bridgehead atoms. The number of aliphatic hydroxyl groups excluding tert-OH is 1. The number of hydrogen-bond donors (Lipinski definition) is 3. The maximum absolute atomic E-state index is 13.2. The highest BCUT2D eigenvalue weighted by Crippen LogP contribution is 2.29. The first kappa shape index (κ1) is 18.9. The van der Waals surface area contributed by atoms with Gasteiger partial charge in [0, 0.05) is 19.7 Å². The molecular formula is C17H19F3N6O. The van der Waals surface area contributed by atoms with E-state index in [0.717, 1.165) is 5.56 Å². The van der Waals surface area contributed by atoms with E-state index < -0.39 is 6.30 Å². The quantitative estimate of drug-likeness (QED) is 0.584. The van der Waals surface area contributed by atoms with Gasteiger partial charge in [0.25, 0.3) is 0 Å². The highest BCUT2D eigenvalue weighted by molar-refractivity contribution is 5.84. The molecule has 10 heteroatoms. The fourth-order valence-electron chi connectivity index (χ4n) is 2.40. The average Bonchev–Trinajstić information content (AvgIpc) is 3.09. The van der Waals surface area contributed by atoms with Gasteiger partial charge in [-0.1, -0.05) is 37.3 Å². The second kappa shape index (κ2) is 7.78. The zero-order chi connectivity index (χ0) is 19.4. The van der Waals surface area contributed by atoms with Crippen LogP contribution in [0.4, 0.5) is 24.9 Å². The average molecular weight is 380 g/mol. The number of nitrogens with one attached hydrogen (secondary N) is 2. The molecule has 1 aromatic carbocycles. The van der Waals surface area contributed by atoms with E-state index in [1.807, 2.05) is 30.3 Å². The Bertz CT molecular complexity index is 897. The minimum atomic E-state index is -4.64. The van der Waals surface area contributed by atoms with Crippen LogP contribution in [0.25, 0.3) is 11.2 Å². The molecule has 1 atom stereocenters. The van der Waals surface area contributed by atoms with Crippen LogP contribution in [-0.4, -0.2) is 37.8 Å². The molecule has 0 aliphatic heterocycles. The van der Waals surface area contributed by atoms with Crippen LogP contribution in [0.3, 0.4) is 0 Å². The van der Waals surface area contributed by atoms with Gasteiger partial charge in [0.15, 0.2) is 17.0 Å². The first-order chi connectivity index (χ1) is 12.9. The number of nitrogens with zero attached hydrogens (tertiary/aromatic N) is 4. The molecule has 0 saturated heterocycles. The third kappa shape index (κ3) is 4.45. The Morgan fingerprint density at radius 1 is 1.15 bits per heavy atom. The Morgan fingerprint density at radius 2 is 1.89 bits per heavy atom. The molecule has 0 aliphatic rings. The number of benzene rings is 1. The van der Waals surface area contributed by atoms with Gasteiger partial charge in [-0.25, -0.2) is 9.55 Å². The third-order valence-electron chi connectivity index (χ3n) is 3.89. The van der Waals surface area contributed by atoms with Crippen LogP contribution in [0, 0.1) is 5.92 Å². The summed E-state index contributed by atoms with van der Waals surface area (Å²) in [5.41, 5.74) is 0.638. The van der Waals surface area contributed by atoms with Crippen molar-refractivity contribution in [3.63, 3.8) is 0 Å². The third-order valence-corrected chi connectivity index (χ3v) is 3.89. The Labute approximate surface area is 153 Å². The number of halogens is 3. The molecule has 0 fully saturated rings. The van der Waals surface area contributed by atoms with Gasteiger partial charge in [-0.05, 0) is 11.5 Å². The molecular weight excluding hydrogens is 361 g/mol. The summed E-state index contributed by atoms with van der Waals surface area (Å²) in [7, 11) is 0. The molecule has 144 valence electrons. The number of fused-ring (bicyclic) bond motifs is 1. The van der Waals surface area contributed by atoms with Crippen molar-refractivity contribution in [2.75, 3.05) is 23.8 Å². The normalized spacial score (nSPS) is 12.9. The minimum Gasteiger partial charge on any atom is -0.396 e. The van der Waals surface area contributed by atoms with Crippen LogP contribution < -0.4 is 10.6 Å². The van der Waals surface area contributed by atoms with E-state index in [9.17, 15) is 13.2 Å². The minimum absolute atomic E-state index is 0.0315. The fourth-order valence-corrected chi connectivity index (χ4v) is 2.40. The molecule has 27 heavy (non-hydrogen) atoms. The van der Waals surface area contributed by atoms with Crippen LogP contribution >= 0.6 is 0 Å². The van der Waals surface area contributed by atoms with Gasteiger partial charge in [0.1, 0.15) is 6.33 Å². The molecule has 3 N–H and O–H groups in total. The molecule has 2 heterocycles. The van der Waals surface area contributed by atoms with Gasteiger partial charge in [0.2, 0.25) is 5.95 Å². The predicted octanol–water partition coefficient (Wildman–Crippen LogP) is 2.96. The van der Waals surface area contributed by atoms with Crippen molar-refractivity contribution in [3.05, 3.63) is 42.2 Å². The van der Waals surface area contributed by atoms with Crippen LogP contribution in [0.2, 0.25) is 0 Å². The van der Waals surface area contributed by atoms with Crippen molar-refractivity contribution in [1.82, 2.24) is 19.5 Å². The van der Waals surface area contributed by atoms with Crippen molar-refractivity contribution in [2.45, 2.75) is 19.8 Å². The largest absolute Gasteiger partial charge is 0.491 e. The number of aliphatic hydroxyl groups is 1. The topological polar surface area (TPSA) is 87.9 Å². The number of alkyl halides is 3. The Kier molecular flexibility index (Phi) is 5.45. The van der Waals surface area contributed by atoms with Crippen molar-refractivity contribution >= 4 is 22.9 Å². The molecule has 3 aromatic rings.